The lowest BCUT2D eigenvalue weighted by atomic mass is 10.1. The topological polar surface area (TPSA) is 50.1 Å². The van der Waals surface area contributed by atoms with E-state index < -0.39 is 0 Å². The van der Waals surface area contributed by atoms with Gasteiger partial charge in [0, 0.05) is 5.57 Å². The molecule has 0 aromatic carbocycles. The van der Waals surface area contributed by atoms with Crippen LogP contribution in [0.4, 0.5) is 0 Å². The van der Waals surface area contributed by atoms with Crippen molar-refractivity contribution in [3.05, 3.63) is 11.6 Å². The van der Waals surface area contributed by atoms with E-state index in [2.05, 4.69) is 6.07 Å². The van der Waals surface area contributed by atoms with Crippen LogP contribution in [0.3, 0.4) is 0 Å². The van der Waals surface area contributed by atoms with Gasteiger partial charge in [-0.15, -0.1) is 11.6 Å². The van der Waals surface area contributed by atoms with Crippen LogP contribution >= 0.6 is 11.6 Å². The SMILES string of the molecule is C/C(C#N)=C\C1C(C(=O)OCCCl)C1(C)C. The lowest BCUT2D eigenvalue weighted by Crippen LogP contribution is -2.12. The number of alkyl halides is 1. The van der Waals surface area contributed by atoms with E-state index in [0.29, 0.717) is 11.5 Å². The number of allylic oxidation sites excluding steroid dienone is 2. The molecule has 2 unspecified atom stereocenters. The standard InChI is InChI=1S/C12H16ClNO2/c1-8(7-14)6-9-10(12(9,2)3)11(15)16-5-4-13/h6,9-10H,4-5H2,1-3H3/b8-6+. The summed E-state index contributed by atoms with van der Waals surface area (Å²) in [6.07, 6.45) is 1.85. The maximum absolute atomic E-state index is 11.7. The van der Waals surface area contributed by atoms with E-state index in [-0.39, 0.29) is 29.8 Å². The van der Waals surface area contributed by atoms with Gasteiger partial charge in [0.05, 0.1) is 17.9 Å². The quantitative estimate of drug-likeness (QED) is 0.432. The van der Waals surface area contributed by atoms with Gasteiger partial charge in [-0.05, 0) is 18.3 Å². The van der Waals surface area contributed by atoms with Gasteiger partial charge in [0.25, 0.3) is 0 Å². The van der Waals surface area contributed by atoms with Gasteiger partial charge in [-0.3, -0.25) is 4.79 Å². The highest BCUT2D eigenvalue weighted by Gasteiger charge is 2.61. The van der Waals surface area contributed by atoms with Crippen molar-refractivity contribution in [3.63, 3.8) is 0 Å². The molecule has 3 nitrogen and oxygen atoms in total. The largest absolute Gasteiger partial charge is 0.464 e. The van der Waals surface area contributed by atoms with E-state index in [1.54, 1.807) is 6.92 Å². The third-order valence-corrected chi connectivity index (χ3v) is 3.25. The van der Waals surface area contributed by atoms with E-state index in [0.717, 1.165) is 0 Å². The molecule has 0 N–H and O–H groups in total. The molecule has 1 aliphatic rings. The van der Waals surface area contributed by atoms with Crippen LogP contribution in [0, 0.1) is 28.6 Å². The van der Waals surface area contributed by atoms with Crippen LogP contribution in [-0.2, 0) is 9.53 Å². The van der Waals surface area contributed by atoms with Crippen molar-refractivity contribution in [2.75, 3.05) is 12.5 Å². The van der Waals surface area contributed by atoms with Crippen LogP contribution in [0.15, 0.2) is 11.6 Å². The third kappa shape index (κ3) is 2.56. The van der Waals surface area contributed by atoms with Crippen molar-refractivity contribution in [2.45, 2.75) is 20.8 Å². The van der Waals surface area contributed by atoms with Gasteiger partial charge in [0.15, 0.2) is 0 Å². The Labute approximate surface area is 101 Å². The molecule has 0 aromatic heterocycles. The van der Waals surface area contributed by atoms with Crippen molar-refractivity contribution < 1.29 is 9.53 Å². The van der Waals surface area contributed by atoms with Crippen LogP contribution in [0.1, 0.15) is 20.8 Å². The molecule has 1 saturated carbocycles. The number of carbonyl (C=O) groups is 1. The second-order valence-electron chi connectivity index (χ2n) is 4.64. The number of rotatable bonds is 4. The predicted molar refractivity (Wildman–Crippen MR) is 61.8 cm³/mol. The van der Waals surface area contributed by atoms with E-state index in [1.807, 2.05) is 19.9 Å². The molecule has 88 valence electrons. The fourth-order valence-electron chi connectivity index (χ4n) is 1.97. The summed E-state index contributed by atoms with van der Waals surface area (Å²) >= 11 is 5.45. The molecule has 0 bridgehead atoms. The molecule has 0 saturated heterocycles. The van der Waals surface area contributed by atoms with Gasteiger partial charge in [-0.2, -0.15) is 5.26 Å². The fourth-order valence-corrected chi connectivity index (χ4v) is 2.05. The van der Waals surface area contributed by atoms with Crippen LogP contribution in [0.2, 0.25) is 0 Å². The molecular weight excluding hydrogens is 226 g/mol. The zero-order chi connectivity index (χ0) is 12.3. The predicted octanol–water partition coefficient (Wildman–Crippen LogP) is 2.51. The zero-order valence-electron chi connectivity index (χ0n) is 9.79. The van der Waals surface area contributed by atoms with Gasteiger partial charge < -0.3 is 4.74 Å². The first-order valence-corrected chi connectivity index (χ1v) is 5.79. The van der Waals surface area contributed by atoms with E-state index >= 15 is 0 Å². The highest BCUT2D eigenvalue weighted by atomic mass is 35.5. The Hall–Kier alpha value is -1.01. The lowest BCUT2D eigenvalue weighted by Gasteiger charge is -2.02. The number of halogens is 1. The number of nitriles is 1. The average molecular weight is 242 g/mol. The number of carbonyl (C=O) groups excluding carboxylic acids is 1. The first-order chi connectivity index (χ1) is 7.45. The summed E-state index contributed by atoms with van der Waals surface area (Å²) in [7, 11) is 0. The Morgan fingerprint density at radius 2 is 2.25 bits per heavy atom. The van der Waals surface area contributed by atoms with E-state index in [9.17, 15) is 4.79 Å². The molecule has 0 radical (unpaired) electrons. The molecule has 1 rings (SSSR count). The minimum atomic E-state index is -0.211. The van der Waals surface area contributed by atoms with Crippen LogP contribution in [0.25, 0.3) is 0 Å². The maximum atomic E-state index is 11.7. The first kappa shape index (κ1) is 13.1. The molecule has 2 atom stereocenters. The summed E-state index contributed by atoms with van der Waals surface area (Å²) in [6, 6.07) is 2.06. The smallest absolute Gasteiger partial charge is 0.310 e. The van der Waals surface area contributed by atoms with Gasteiger partial charge in [-0.1, -0.05) is 19.9 Å². The van der Waals surface area contributed by atoms with Gasteiger partial charge >= 0.3 is 5.97 Å². The number of nitrogens with zero attached hydrogens (tertiary/aromatic N) is 1. The molecule has 0 heterocycles. The Kier molecular flexibility index (Phi) is 3.98. The summed E-state index contributed by atoms with van der Waals surface area (Å²) in [5, 5.41) is 8.70. The molecule has 0 spiro atoms. The van der Waals surface area contributed by atoms with Crippen LogP contribution in [-0.4, -0.2) is 18.5 Å². The fraction of sp³-hybridized carbons (Fsp3) is 0.667. The zero-order valence-corrected chi connectivity index (χ0v) is 10.5. The normalized spacial score (nSPS) is 27.1. The molecule has 0 amide bonds. The molecule has 0 aliphatic heterocycles. The maximum Gasteiger partial charge on any atom is 0.310 e. The van der Waals surface area contributed by atoms with Crippen molar-refractivity contribution in [1.82, 2.24) is 0 Å². The summed E-state index contributed by atoms with van der Waals surface area (Å²) < 4.78 is 5.01. The number of esters is 1. The van der Waals surface area contributed by atoms with Crippen molar-refractivity contribution in [3.8, 4) is 6.07 Å². The summed E-state index contributed by atoms with van der Waals surface area (Å²) in [4.78, 5) is 11.7. The molecule has 1 fully saturated rings. The van der Waals surface area contributed by atoms with Crippen LogP contribution < -0.4 is 0 Å². The van der Waals surface area contributed by atoms with Gasteiger partial charge in [0.1, 0.15) is 6.61 Å². The molecule has 1 aliphatic carbocycles. The minimum absolute atomic E-state index is 0.106. The third-order valence-electron chi connectivity index (χ3n) is 3.09. The Morgan fingerprint density at radius 3 is 2.75 bits per heavy atom. The second kappa shape index (κ2) is 4.88. The molecular formula is C12H16ClNO2. The number of ether oxygens (including phenoxy) is 1. The van der Waals surface area contributed by atoms with Gasteiger partial charge in [-0.25, -0.2) is 0 Å². The highest BCUT2D eigenvalue weighted by Crippen LogP contribution is 2.59. The second-order valence-corrected chi connectivity index (χ2v) is 5.02. The summed E-state index contributed by atoms with van der Waals surface area (Å²) in [5.41, 5.74) is 0.535. The minimum Gasteiger partial charge on any atom is -0.464 e. The van der Waals surface area contributed by atoms with E-state index in [4.69, 9.17) is 21.6 Å². The van der Waals surface area contributed by atoms with Gasteiger partial charge in [0.2, 0.25) is 0 Å². The van der Waals surface area contributed by atoms with Crippen molar-refractivity contribution >= 4 is 17.6 Å². The lowest BCUT2D eigenvalue weighted by molar-refractivity contribution is -0.145. The number of hydrogen-bond donors (Lipinski definition) is 0. The molecule has 16 heavy (non-hydrogen) atoms. The number of hydrogen-bond acceptors (Lipinski definition) is 3. The Morgan fingerprint density at radius 1 is 1.62 bits per heavy atom. The molecule has 4 heteroatoms. The van der Waals surface area contributed by atoms with Crippen molar-refractivity contribution in [1.29, 1.82) is 5.26 Å². The average Bonchev–Trinajstić information content (AvgIpc) is 2.77. The summed E-state index contributed by atoms with van der Waals surface area (Å²) in [5.74, 6) is 0.0722. The summed E-state index contributed by atoms with van der Waals surface area (Å²) in [6.45, 7) is 6.01. The Balaban J connectivity index is 2.64. The monoisotopic (exact) mass is 241 g/mol. The first-order valence-electron chi connectivity index (χ1n) is 5.26. The molecule has 0 aromatic rings. The van der Waals surface area contributed by atoms with E-state index in [1.165, 1.54) is 0 Å². The van der Waals surface area contributed by atoms with Crippen LogP contribution in [0.5, 0.6) is 0 Å². The highest BCUT2D eigenvalue weighted by molar-refractivity contribution is 6.18. The van der Waals surface area contributed by atoms with Crippen molar-refractivity contribution in [2.24, 2.45) is 17.3 Å². The Bertz CT molecular complexity index is 355.